The minimum atomic E-state index is -0.287. The summed E-state index contributed by atoms with van der Waals surface area (Å²) in [6, 6.07) is 6.50. The summed E-state index contributed by atoms with van der Waals surface area (Å²) < 4.78 is 13.6. The van der Waals surface area contributed by atoms with Gasteiger partial charge in [-0.05, 0) is 50.3 Å². The number of piperidine rings is 1. The Bertz CT molecular complexity index is 642. The van der Waals surface area contributed by atoms with Crippen molar-refractivity contribution in [1.82, 2.24) is 15.5 Å². The highest BCUT2D eigenvalue weighted by molar-refractivity contribution is 5.76. The molecule has 2 amide bonds. The number of likely N-dealkylation sites (tertiary alicyclic amines) is 1. The van der Waals surface area contributed by atoms with E-state index in [-0.39, 0.29) is 24.2 Å². The fourth-order valence-corrected chi connectivity index (χ4v) is 3.99. The zero-order valence-electron chi connectivity index (χ0n) is 15.2. The highest BCUT2D eigenvalue weighted by Crippen LogP contribution is 2.40. The first-order chi connectivity index (χ1) is 12.6. The van der Waals surface area contributed by atoms with Crippen LogP contribution in [-0.2, 0) is 16.1 Å². The summed E-state index contributed by atoms with van der Waals surface area (Å²) in [4.78, 5) is 25.9. The van der Waals surface area contributed by atoms with Gasteiger partial charge in [0.1, 0.15) is 5.82 Å². The zero-order chi connectivity index (χ0) is 18.4. The first-order valence-corrected chi connectivity index (χ1v) is 9.56. The van der Waals surface area contributed by atoms with Crippen LogP contribution in [0.5, 0.6) is 0 Å². The van der Waals surface area contributed by atoms with Crippen LogP contribution in [0.2, 0.25) is 0 Å². The van der Waals surface area contributed by atoms with Crippen LogP contribution in [-0.4, -0.2) is 42.9 Å². The Labute approximate surface area is 154 Å². The van der Waals surface area contributed by atoms with Gasteiger partial charge in [0.25, 0.3) is 0 Å². The zero-order valence-corrected chi connectivity index (χ0v) is 15.2. The van der Waals surface area contributed by atoms with Crippen molar-refractivity contribution in [3.05, 3.63) is 35.6 Å². The molecule has 2 aliphatic heterocycles. The van der Waals surface area contributed by atoms with E-state index in [4.69, 9.17) is 0 Å². The number of amides is 2. The van der Waals surface area contributed by atoms with Crippen LogP contribution in [0.25, 0.3) is 0 Å². The van der Waals surface area contributed by atoms with Crippen LogP contribution in [0.1, 0.15) is 44.1 Å². The number of carbonyl (C=O) groups excluding carboxylic acids is 2. The van der Waals surface area contributed by atoms with E-state index < -0.39 is 0 Å². The summed E-state index contributed by atoms with van der Waals surface area (Å²) in [7, 11) is 0. The number of hydrogen-bond donors (Lipinski definition) is 2. The van der Waals surface area contributed by atoms with Gasteiger partial charge in [-0.2, -0.15) is 0 Å². The summed E-state index contributed by atoms with van der Waals surface area (Å²) in [5, 5.41) is 5.76. The van der Waals surface area contributed by atoms with Gasteiger partial charge in [-0.3, -0.25) is 9.59 Å². The second-order valence-corrected chi connectivity index (χ2v) is 7.56. The molecule has 1 aromatic carbocycles. The van der Waals surface area contributed by atoms with Crippen LogP contribution in [0.3, 0.4) is 0 Å². The Morgan fingerprint density at radius 1 is 1.19 bits per heavy atom. The predicted octanol–water partition coefficient (Wildman–Crippen LogP) is 2.21. The van der Waals surface area contributed by atoms with E-state index >= 15 is 0 Å². The largest absolute Gasteiger partial charge is 0.356 e. The molecule has 0 atom stereocenters. The molecular weight excluding hydrogens is 333 g/mol. The maximum atomic E-state index is 13.6. The Kier molecular flexibility index (Phi) is 6.25. The van der Waals surface area contributed by atoms with Gasteiger partial charge in [0.15, 0.2) is 0 Å². The minimum absolute atomic E-state index is 0.0437. The molecule has 2 N–H and O–H groups in total. The van der Waals surface area contributed by atoms with Gasteiger partial charge in [0.2, 0.25) is 11.8 Å². The molecule has 0 aromatic heterocycles. The minimum Gasteiger partial charge on any atom is -0.356 e. The summed E-state index contributed by atoms with van der Waals surface area (Å²) >= 11 is 0. The van der Waals surface area contributed by atoms with Crippen LogP contribution in [0, 0.1) is 11.2 Å². The highest BCUT2D eigenvalue weighted by Gasteiger charge is 2.35. The molecule has 1 aromatic rings. The highest BCUT2D eigenvalue weighted by atomic mass is 19.1. The molecule has 2 aliphatic rings. The van der Waals surface area contributed by atoms with Crippen LogP contribution >= 0.6 is 0 Å². The second-order valence-electron chi connectivity index (χ2n) is 7.56. The van der Waals surface area contributed by atoms with Gasteiger partial charge >= 0.3 is 0 Å². The van der Waals surface area contributed by atoms with Crippen molar-refractivity contribution >= 4 is 11.8 Å². The fraction of sp³-hybridized carbons (Fsp3) is 0.600. The van der Waals surface area contributed by atoms with E-state index in [9.17, 15) is 14.0 Å². The lowest BCUT2D eigenvalue weighted by molar-refractivity contribution is -0.122. The van der Waals surface area contributed by atoms with Crippen molar-refractivity contribution in [1.29, 1.82) is 0 Å². The van der Waals surface area contributed by atoms with E-state index in [2.05, 4.69) is 15.5 Å². The van der Waals surface area contributed by atoms with Gasteiger partial charge in [-0.25, -0.2) is 4.39 Å². The number of benzene rings is 1. The smallest absolute Gasteiger partial charge is 0.221 e. The van der Waals surface area contributed by atoms with Gasteiger partial charge in [0, 0.05) is 38.0 Å². The van der Waals surface area contributed by atoms with Crippen molar-refractivity contribution in [3.63, 3.8) is 0 Å². The molecular formula is C20H28FN3O2. The Morgan fingerprint density at radius 3 is 2.73 bits per heavy atom. The SMILES string of the molecule is O=C1CCC2(CCN1)CCN(CCC(=O)NCc1ccccc1F)CC2. The molecule has 2 saturated heterocycles. The van der Waals surface area contributed by atoms with E-state index in [1.165, 1.54) is 6.07 Å². The molecule has 3 rings (SSSR count). The standard InChI is InChI=1S/C20H28FN3O2/c21-17-4-2-1-3-16(17)15-23-19(26)6-12-24-13-9-20(10-14-24)7-5-18(25)22-11-8-20/h1-4H,5-15H2,(H,22,25)(H,23,26). The van der Waals surface area contributed by atoms with Crippen LogP contribution in [0.15, 0.2) is 24.3 Å². The van der Waals surface area contributed by atoms with E-state index in [0.29, 0.717) is 23.8 Å². The van der Waals surface area contributed by atoms with Crippen LogP contribution in [0.4, 0.5) is 4.39 Å². The monoisotopic (exact) mass is 361 g/mol. The maximum absolute atomic E-state index is 13.6. The lowest BCUT2D eigenvalue weighted by Crippen LogP contribution is -2.42. The lowest BCUT2D eigenvalue weighted by Gasteiger charge is -2.41. The first kappa shape index (κ1) is 18.8. The molecule has 26 heavy (non-hydrogen) atoms. The molecule has 0 radical (unpaired) electrons. The molecule has 6 heteroatoms. The first-order valence-electron chi connectivity index (χ1n) is 9.56. The molecule has 0 saturated carbocycles. The third kappa shape index (κ3) is 5.04. The normalized spacial score (nSPS) is 20.4. The van der Waals surface area contributed by atoms with E-state index in [0.717, 1.165) is 51.9 Å². The van der Waals surface area contributed by atoms with Gasteiger partial charge in [-0.15, -0.1) is 0 Å². The summed E-state index contributed by atoms with van der Waals surface area (Å²) in [6.07, 6.45) is 5.31. The van der Waals surface area contributed by atoms with Crippen molar-refractivity contribution < 1.29 is 14.0 Å². The molecule has 142 valence electrons. The van der Waals surface area contributed by atoms with E-state index in [1.54, 1.807) is 18.2 Å². The Morgan fingerprint density at radius 2 is 1.96 bits per heavy atom. The maximum Gasteiger partial charge on any atom is 0.221 e. The number of halogens is 1. The van der Waals surface area contributed by atoms with E-state index in [1.807, 2.05) is 0 Å². The van der Waals surface area contributed by atoms with Crippen LogP contribution < -0.4 is 10.6 Å². The third-order valence-electron chi connectivity index (χ3n) is 5.87. The number of rotatable bonds is 5. The predicted molar refractivity (Wildman–Crippen MR) is 97.8 cm³/mol. The molecule has 1 spiro atoms. The van der Waals surface area contributed by atoms with Crippen molar-refractivity contribution in [2.45, 2.75) is 45.1 Å². The van der Waals surface area contributed by atoms with Crippen molar-refractivity contribution in [2.75, 3.05) is 26.2 Å². The number of nitrogens with one attached hydrogen (secondary N) is 2. The number of nitrogens with zero attached hydrogens (tertiary/aromatic N) is 1. The average molecular weight is 361 g/mol. The number of hydrogen-bond acceptors (Lipinski definition) is 3. The lowest BCUT2D eigenvalue weighted by atomic mass is 9.73. The average Bonchev–Trinajstić information content (AvgIpc) is 2.83. The van der Waals surface area contributed by atoms with Gasteiger partial charge in [-0.1, -0.05) is 18.2 Å². The Balaban J connectivity index is 1.37. The molecule has 2 fully saturated rings. The van der Waals surface area contributed by atoms with Crippen molar-refractivity contribution in [2.24, 2.45) is 5.41 Å². The summed E-state index contributed by atoms with van der Waals surface area (Å²) in [5.41, 5.74) is 0.806. The Hall–Kier alpha value is -1.95. The summed E-state index contributed by atoms with van der Waals surface area (Å²) in [6.45, 7) is 3.72. The quantitative estimate of drug-likeness (QED) is 0.845. The molecule has 0 unspecified atom stereocenters. The number of carbonyl (C=O) groups is 2. The molecule has 5 nitrogen and oxygen atoms in total. The topological polar surface area (TPSA) is 61.4 Å². The van der Waals surface area contributed by atoms with Crippen molar-refractivity contribution in [3.8, 4) is 0 Å². The molecule has 2 heterocycles. The van der Waals surface area contributed by atoms with Gasteiger partial charge in [0.05, 0.1) is 0 Å². The molecule has 0 aliphatic carbocycles. The summed E-state index contributed by atoms with van der Waals surface area (Å²) in [5.74, 6) is -0.154. The second kappa shape index (κ2) is 8.62. The molecule has 0 bridgehead atoms. The fourth-order valence-electron chi connectivity index (χ4n) is 3.99. The van der Waals surface area contributed by atoms with Gasteiger partial charge < -0.3 is 15.5 Å². The third-order valence-corrected chi connectivity index (χ3v) is 5.87.